The van der Waals surface area contributed by atoms with E-state index in [4.69, 9.17) is 25.4 Å². The lowest BCUT2D eigenvalue weighted by Crippen LogP contribution is -2.28. The number of carboxylic acid groups (broad SMARTS) is 1. The van der Waals surface area contributed by atoms with Gasteiger partial charge in [-0.25, -0.2) is 4.98 Å². The fourth-order valence-corrected chi connectivity index (χ4v) is 4.55. The smallest absolute Gasteiger partial charge is 0.297 e. The zero-order valence-electron chi connectivity index (χ0n) is 24.1. The van der Waals surface area contributed by atoms with Crippen molar-refractivity contribution in [1.29, 1.82) is 0 Å². The second kappa shape index (κ2) is 15.2. The Kier molecular flexibility index (Phi) is 11.4. The molecule has 41 heavy (non-hydrogen) atoms. The van der Waals surface area contributed by atoms with Crippen molar-refractivity contribution in [3.05, 3.63) is 111 Å². The second-order valence-electron chi connectivity index (χ2n) is 9.36. The molecule has 0 saturated heterocycles. The van der Waals surface area contributed by atoms with E-state index in [1.165, 1.54) is 0 Å². The van der Waals surface area contributed by atoms with Crippen molar-refractivity contribution in [2.24, 2.45) is 10.7 Å². The first-order valence-corrected chi connectivity index (χ1v) is 13.8. The third-order valence-electron chi connectivity index (χ3n) is 6.66. The Bertz CT molecular complexity index is 1540. The number of nitrogens with two attached hydrogens (primary N) is 1. The van der Waals surface area contributed by atoms with E-state index in [2.05, 4.69) is 37.0 Å². The molecule has 0 fully saturated rings. The summed E-state index contributed by atoms with van der Waals surface area (Å²) in [6.07, 6.45) is 3.13. The molecule has 0 unspecified atom stereocenters. The highest BCUT2D eigenvalue weighted by atomic mass is 16.5. The molecule has 8 heteroatoms. The summed E-state index contributed by atoms with van der Waals surface area (Å²) >= 11 is 0. The van der Waals surface area contributed by atoms with Crippen molar-refractivity contribution in [1.82, 2.24) is 9.55 Å². The molecule has 0 radical (unpaired) electrons. The van der Waals surface area contributed by atoms with E-state index in [1.807, 2.05) is 61.5 Å². The lowest BCUT2D eigenvalue weighted by atomic mass is 9.98. The third kappa shape index (κ3) is 7.69. The predicted octanol–water partition coefficient (Wildman–Crippen LogP) is 5.86. The van der Waals surface area contributed by atoms with Crippen LogP contribution in [0.3, 0.4) is 0 Å². The van der Waals surface area contributed by atoms with Crippen molar-refractivity contribution < 1.29 is 14.6 Å². The van der Waals surface area contributed by atoms with Crippen molar-refractivity contribution >= 4 is 12.3 Å². The fourth-order valence-electron chi connectivity index (χ4n) is 4.55. The van der Waals surface area contributed by atoms with Gasteiger partial charge in [0.15, 0.2) is 0 Å². The molecule has 8 nitrogen and oxygen atoms in total. The molecule has 0 spiro atoms. The minimum Gasteiger partial charge on any atom is -0.483 e. The molecule has 0 bridgehead atoms. The summed E-state index contributed by atoms with van der Waals surface area (Å²) in [6, 6.07) is 24.0. The van der Waals surface area contributed by atoms with Crippen LogP contribution in [0.1, 0.15) is 55.4 Å². The fraction of sp³-hybridized carbons (Fsp3) is 0.273. The van der Waals surface area contributed by atoms with Crippen LogP contribution >= 0.6 is 0 Å². The minimum absolute atomic E-state index is 0.149. The van der Waals surface area contributed by atoms with E-state index >= 15 is 0 Å². The van der Waals surface area contributed by atoms with Gasteiger partial charge in [0, 0.05) is 19.0 Å². The second-order valence-corrected chi connectivity index (χ2v) is 9.36. The molecule has 0 aliphatic rings. The van der Waals surface area contributed by atoms with Gasteiger partial charge in [0.25, 0.3) is 12.0 Å². The molecule has 0 aliphatic heterocycles. The minimum atomic E-state index is -0.250. The van der Waals surface area contributed by atoms with Gasteiger partial charge in [-0.3, -0.25) is 19.1 Å². The van der Waals surface area contributed by atoms with Gasteiger partial charge < -0.3 is 15.6 Å². The van der Waals surface area contributed by atoms with E-state index in [0.717, 1.165) is 52.9 Å². The van der Waals surface area contributed by atoms with Crippen LogP contribution in [0.15, 0.2) is 82.6 Å². The van der Waals surface area contributed by atoms with Crippen LogP contribution in [0.4, 0.5) is 0 Å². The number of aromatic nitrogens is 2. The number of hydrogen-bond donors (Lipinski definition) is 2. The summed E-state index contributed by atoms with van der Waals surface area (Å²) < 4.78 is 7.95. The van der Waals surface area contributed by atoms with Crippen LogP contribution in [0.2, 0.25) is 0 Å². The first-order chi connectivity index (χ1) is 19.9. The highest BCUT2D eigenvalue weighted by Gasteiger charge is 2.18. The first-order valence-electron chi connectivity index (χ1n) is 13.8. The summed E-state index contributed by atoms with van der Waals surface area (Å²) in [5.41, 5.74) is 11.8. The number of rotatable bonds is 10. The Balaban J connectivity index is 0.00000147. The van der Waals surface area contributed by atoms with Gasteiger partial charge in [-0.05, 0) is 53.6 Å². The Morgan fingerprint density at radius 3 is 2.34 bits per heavy atom. The van der Waals surface area contributed by atoms with Gasteiger partial charge in [0.1, 0.15) is 17.4 Å². The zero-order valence-corrected chi connectivity index (χ0v) is 24.1. The summed E-state index contributed by atoms with van der Waals surface area (Å²) in [5, 5.41) is 6.89. The van der Waals surface area contributed by atoms with Crippen molar-refractivity contribution in [3.8, 4) is 22.6 Å². The zero-order chi connectivity index (χ0) is 29.8. The Morgan fingerprint density at radius 1 is 1.00 bits per heavy atom. The van der Waals surface area contributed by atoms with E-state index in [1.54, 1.807) is 11.6 Å². The van der Waals surface area contributed by atoms with Crippen LogP contribution in [-0.2, 0) is 30.6 Å². The standard InChI is InChI=1S/C32H36N4O2.CH2O2/c1-5-11-29-35-28(7-3)30(38-25-13-10-12-22(6-2)20-25)32(37)36(29)21-23-16-18-24(19-17-23)26-14-8-9-15-27(26)31(33)34-4;2-1-3/h8-10,12-20H,5-7,11,21H2,1-4H3,(H2,33,34);1H,(H,2,3). The van der Waals surface area contributed by atoms with E-state index in [0.29, 0.717) is 36.0 Å². The van der Waals surface area contributed by atoms with Crippen LogP contribution in [0.5, 0.6) is 11.5 Å². The molecular weight excluding hydrogens is 516 g/mol. The van der Waals surface area contributed by atoms with Crippen molar-refractivity contribution in [3.63, 3.8) is 0 Å². The number of aliphatic imine (C=N–C) groups is 1. The SMILES string of the molecule is CCCc1nc(CC)c(Oc2cccc(CC)c2)c(=O)n1Cc1ccc(-c2ccccc2C(N)=NC)cc1.O=CO. The van der Waals surface area contributed by atoms with Crippen LogP contribution in [0, 0.1) is 0 Å². The molecule has 1 heterocycles. The van der Waals surface area contributed by atoms with Gasteiger partial charge in [-0.1, -0.05) is 81.4 Å². The quantitative estimate of drug-likeness (QED) is 0.144. The Hall–Kier alpha value is -4.72. The predicted molar refractivity (Wildman–Crippen MR) is 164 cm³/mol. The van der Waals surface area contributed by atoms with Gasteiger partial charge in [0.05, 0.1) is 12.2 Å². The van der Waals surface area contributed by atoms with E-state index < -0.39 is 0 Å². The first kappa shape index (κ1) is 30.8. The number of hydrogen-bond acceptors (Lipinski definition) is 5. The van der Waals surface area contributed by atoms with Gasteiger partial charge in [0.2, 0.25) is 5.75 Å². The summed E-state index contributed by atoms with van der Waals surface area (Å²) in [7, 11) is 1.69. The normalized spacial score (nSPS) is 11.0. The van der Waals surface area contributed by atoms with Crippen LogP contribution in [0.25, 0.3) is 11.1 Å². The maximum absolute atomic E-state index is 13.8. The molecule has 0 aliphatic carbocycles. The molecule has 0 atom stereocenters. The lowest BCUT2D eigenvalue weighted by molar-refractivity contribution is -0.122. The highest BCUT2D eigenvalue weighted by Crippen LogP contribution is 2.26. The number of ether oxygens (including phenoxy) is 1. The molecule has 4 aromatic rings. The van der Waals surface area contributed by atoms with Gasteiger partial charge >= 0.3 is 0 Å². The van der Waals surface area contributed by atoms with Crippen LogP contribution in [-0.4, -0.2) is 34.0 Å². The Morgan fingerprint density at radius 2 is 1.71 bits per heavy atom. The topological polar surface area (TPSA) is 120 Å². The molecule has 3 aromatic carbocycles. The number of aryl methyl sites for hydroxylation is 3. The van der Waals surface area contributed by atoms with E-state index in [9.17, 15) is 4.79 Å². The van der Waals surface area contributed by atoms with Gasteiger partial charge in [-0.15, -0.1) is 0 Å². The van der Waals surface area contributed by atoms with Crippen LogP contribution < -0.4 is 16.0 Å². The highest BCUT2D eigenvalue weighted by molar-refractivity contribution is 6.03. The largest absolute Gasteiger partial charge is 0.483 e. The van der Waals surface area contributed by atoms with Crippen molar-refractivity contribution in [2.45, 2.75) is 53.0 Å². The summed E-state index contributed by atoms with van der Waals surface area (Å²) in [6.45, 7) is 6.36. The maximum Gasteiger partial charge on any atom is 0.297 e. The third-order valence-corrected chi connectivity index (χ3v) is 6.66. The number of carbonyl (C=O) groups is 1. The number of benzene rings is 3. The van der Waals surface area contributed by atoms with Crippen molar-refractivity contribution in [2.75, 3.05) is 7.05 Å². The average Bonchev–Trinajstić information content (AvgIpc) is 3.00. The molecule has 3 N–H and O–H groups in total. The average molecular weight is 555 g/mol. The molecule has 4 rings (SSSR count). The number of nitrogens with zero attached hydrogens (tertiary/aromatic N) is 3. The molecule has 0 amide bonds. The maximum atomic E-state index is 13.8. The summed E-state index contributed by atoms with van der Waals surface area (Å²) in [5.74, 6) is 2.25. The van der Waals surface area contributed by atoms with Gasteiger partial charge in [-0.2, -0.15) is 0 Å². The number of amidine groups is 1. The molecule has 1 aromatic heterocycles. The molecule has 0 saturated carbocycles. The lowest BCUT2D eigenvalue weighted by Gasteiger charge is -2.17. The molecular formula is C33H38N4O4. The monoisotopic (exact) mass is 554 g/mol. The Labute approximate surface area is 241 Å². The van der Waals surface area contributed by atoms with E-state index in [-0.39, 0.29) is 12.0 Å². The molecule has 214 valence electrons. The summed E-state index contributed by atoms with van der Waals surface area (Å²) in [4.78, 5) is 31.2.